The molecule has 0 fully saturated rings. The van der Waals surface area contributed by atoms with Crippen LogP contribution in [-0.4, -0.2) is 89.3 Å². The first kappa shape index (κ1) is 28.7. The van der Waals surface area contributed by atoms with Gasteiger partial charge in [0.25, 0.3) is 0 Å². The lowest BCUT2D eigenvalue weighted by atomic mass is 10.2. The average molecular weight is 537 g/mol. The standard InChI is InChI=1S/C30H36N2O7/c1-7-27-25(5-3-11-31-27)29(9-1)38-23-21-36-19-17-34-15-13-33-14-16-35-18-20-37-22-24-39-30-10-2-8-28-26(30)6-4-12-32-28/h1-12H,13-24H2. The van der Waals surface area contributed by atoms with Gasteiger partial charge in [-0.05, 0) is 48.5 Å². The first-order valence-corrected chi connectivity index (χ1v) is 13.2. The smallest absolute Gasteiger partial charge is 0.128 e. The highest BCUT2D eigenvalue weighted by molar-refractivity contribution is 5.85. The summed E-state index contributed by atoms with van der Waals surface area (Å²) in [5, 5.41) is 2.00. The van der Waals surface area contributed by atoms with Crippen LogP contribution in [0.1, 0.15) is 0 Å². The van der Waals surface area contributed by atoms with Crippen molar-refractivity contribution in [2.24, 2.45) is 0 Å². The van der Waals surface area contributed by atoms with Crippen LogP contribution in [0.2, 0.25) is 0 Å². The maximum absolute atomic E-state index is 5.82. The first-order chi connectivity index (χ1) is 19.4. The molecule has 4 rings (SSSR count). The molecule has 0 aliphatic rings. The third-order valence-electron chi connectivity index (χ3n) is 5.67. The minimum atomic E-state index is 0.471. The number of hydrogen-bond acceptors (Lipinski definition) is 9. The summed E-state index contributed by atoms with van der Waals surface area (Å²) in [6.07, 6.45) is 3.55. The molecule has 2 heterocycles. The molecule has 0 bridgehead atoms. The molecule has 0 spiro atoms. The van der Waals surface area contributed by atoms with E-state index in [4.69, 9.17) is 33.2 Å². The van der Waals surface area contributed by atoms with Crippen molar-refractivity contribution in [1.82, 2.24) is 9.97 Å². The molecule has 4 aromatic rings. The van der Waals surface area contributed by atoms with Crippen LogP contribution in [0.3, 0.4) is 0 Å². The maximum Gasteiger partial charge on any atom is 0.128 e. The fraction of sp³-hybridized carbons (Fsp3) is 0.400. The van der Waals surface area contributed by atoms with Gasteiger partial charge in [-0.2, -0.15) is 0 Å². The van der Waals surface area contributed by atoms with E-state index in [1.54, 1.807) is 12.4 Å². The third kappa shape index (κ3) is 10.0. The van der Waals surface area contributed by atoms with Crippen LogP contribution in [0.15, 0.2) is 73.1 Å². The van der Waals surface area contributed by atoms with Gasteiger partial charge in [0.15, 0.2) is 0 Å². The van der Waals surface area contributed by atoms with Gasteiger partial charge in [0.05, 0.1) is 77.1 Å². The summed E-state index contributed by atoms with van der Waals surface area (Å²) in [5.41, 5.74) is 1.83. The molecule has 9 nitrogen and oxygen atoms in total. The van der Waals surface area contributed by atoms with Crippen molar-refractivity contribution in [2.75, 3.05) is 79.3 Å². The lowest BCUT2D eigenvalue weighted by molar-refractivity contribution is -0.0141. The van der Waals surface area contributed by atoms with Gasteiger partial charge in [0.1, 0.15) is 24.7 Å². The molecule has 9 heteroatoms. The molecule has 0 radical (unpaired) electrons. The van der Waals surface area contributed by atoms with E-state index >= 15 is 0 Å². The van der Waals surface area contributed by atoms with Crippen LogP contribution in [0.25, 0.3) is 21.8 Å². The van der Waals surface area contributed by atoms with E-state index in [-0.39, 0.29) is 0 Å². The number of benzene rings is 2. The summed E-state index contributed by atoms with van der Waals surface area (Å²) in [6.45, 7) is 6.02. The number of nitrogens with zero attached hydrogens (tertiary/aromatic N) is 2. The number of fused-ring (bicyclic) bond motifs is 2. The van der Waals surface area contributed by atoms with Gasteiger partial charge in [-0.15, -0.1) is 0 Å². The highest BCUT2D eigenvalue weighted by Gasteiger charge is 2.03. The van der Waals surface area contributed by atoms with Crippen molar-refractivity contribution < 1.29 is 33.2 Å². The Balaban J connectivity index is 0.886. The Morgan fingerprint density at radius 2 is 0.744 bits per heavy atom. The highest BCUT2D eigenvalue weighted by Crippen LogP contribution is 2.24. The topological polar surface area (TPSA) is 90.4 Å². The van der Waals surface area contributed by atoms with Crippen molar-refractivity contribution in [3.8, 4) is 11.5 Å². The summed E-state index contributed by atoms with van der Waals surface area (Å²) in [6, 6.07) is 19.5. The van der Waals surface area contributed by atoms with Gasteiger partial charge >= 0.3 is 0 Å². The van der Waals surface area contributed by atoms with Gasteiger partial charge in [0.2, 0.25) is 0 Å². The Kier molecular flexibility index (Phi) is 12.7. The molecule has 0 saturated carbocycles. The summed E-state index contributed by atoms with van der Waals surface area (Å²) < 4.78 is 39.3. The lowest BCUT2D eigenvalue weighted by Gasteiger charge is -2.10. The molecule has 0 N–H and O–H groups in total. The van der Waals surface area contributed by atoms with E-state index < -0.39 is 0 Å². The Labute approximate surface area is 228 Å². The summed E-state index contributed by atoms with van der Waals surface area (Å²) in [4.78, 5) is 8.66. The molecular formula is C30H36N2O7. The maximum atomic E-state index is 5.82. The molecule has 0 aliphatic carbocycles. The summed E-state index contributed by atoms with van der Waals surface area (Å²) >= 11 is 0. The molecule has 0 saturated heterocycles. The monoisotopic (exact) mass is 536 g/mol. The van der Waals surface area contributed by atoms with Crippen molar-refractivity contribution >= 4 is 21.8 Å². The minimum Gasteiger partial charge on any atom is -0.490 e. The fourth-order valence-electron chi connectivity index (χ4n) is 3.80. The van der Waals surface area contributed by atoms with Crippen LogP contribution in [-0.2, 0) is 23.7 Å². The van der Waals surface area contributed by atoms with Gasteiger partial charge in [-0.1, -0.05) is 12.1 Å². The fourth-order valence-corrected chi connectivity index (χ4v) is 3.80. The first-order valence-electron chi connectivity index (χ1n) is 13.2. The van der Waals surface area contributed by atoms with E-state index in [2.05, 4.69) is 9.97 Å². The molecule has 208 valence electrons. The van der Waals surface area contributed by atoms with E-state index in [9.17, 15) is 0 Å². The molecule has 0 aliphatic heterocycles. The Bertz CT molecular complexity index is 1130. The summed E-state index contributed by atoms with van der Waals surface area (Å²) in [7, 11) is 0. The van der Waals surface area contributed by atoms with Crippen molar-refractivity contribution in [3.05, 3.63) is 73.1 Å². The van der Waals surface area contributed by atoms with Gasteiger partial charge in [-0.25, -0.2) is 0 Å². The van der Waals surface area contributed by atoms with Crippen LogP contribution in [0.5, 0.6) is 11.5 Å². The van der Waals surface area contributed by atoms with Gasteiger partial charge in [-0.3, -0.25) is 9.97 Å². The zero-order valence-corrected chi connectivity index (χ0v) is 22.2. The molecule has 0 unspecified atom stereocenters. The Morgan fingerprint density at radius 3 is 1.13 bits per heavy atom. The molecule has 0 amide bonds. The molecule has 39 heavy (non-hydrogen) atoms. The molecule has 0 atom stereocenters. The average Bonchev–Trinajstić information content (AvgIpc) is 2.98. The lowest BCUT2D eigenvalue weighted by Crippen LogP contribution is -2.15. The highest BCUT2D eigenvalue weighted by atomic mass is 16.6. The number of pyridine rings is 2. The van der Waals surface area contributed by atoms with Crippen molar-refractivity contribution in [3.63, 3.8) is 0 Å². The zero-order chi connectivity index (χ0) is 26.8. The predicted octanol–water partition coefficient (Wildman–Crippen LogP) is 4.32. The zero-order valence-electron chi connectivity index (χ0n) is 22.2. The SMILES string of the molecule is c1cc(OCCOCCOCCOCCOCCOCCOc2cccc3ncccc23)c2cccnc2c1. The van der Waals surface area contributed by atoms with Crippen LogP contribution in [0, 0.1) is 0 Å². The second-order valence-corrected chi connectivity index (χ2v) is 8.41. The van der Waals surface area contributed by atoms with E-state index in [1.165, 1.54) is 0 Å². The second-order valence-electron chi connectivity index (χ2n) is 8.41. The number of ether oxygens (including phenoxy) is 7. The van der Waals surface area contributed by atoms with E-state index in [0.717, 1.165) is 33.3 Å². The molecular weight excluding hydrogens is 500 g/mol. The Hall–Kier alpha value is -3.34. The third-order valence-corrected chi connectivity index (χ3v) is 5.67. The van der Waals surface area contributed by atoms with Crippen LogP contribution in [0.4, 0.5) is 0 Å². The van der Waals surface area contributed by atoms with E-state index in [0.29, 0.717) is 79.3 Å². The van der Waals surface area contributed by atoms with Gasteiger partial charge < -0.3 is 33.2 Å². The van der Waals surface area contributed by atoms with Gasteiger partial charge in [0, 0.05) is 23.2 Å². The number of aromatic nitrogens is 2. The quantitative estimate of drug-likeness (QED) is 0.153. The predicted molar refractivity (Wildman–Crippen MR) is 149 cm³/mol. The largest absolute Gasteiger partial charge is 0.490 e. The molecule has 2 aromatic carbocycles. The second kappa shape index (κ2) is 17.3. The molecule has 2 aromatic heterocycles. The van der Waals surface area contributed by atoms with E-state index in [1.807, 2.05) is 60.7 Å². The van der Waals surface area contributed by atoms with Crippen molar-refractivity contribution in [2.45, 2.75) is 0 Å². The minimum absolute atomic E-state index is 0.471. The van der Waals surface area contributed by atoms with Crippen LogP contribution < -0.4 is 9.47 Å². The number of rotatable bonds is 20. The Morgan fingerprint density at radius 1 is 0.385 bits per heavy atom. The summed E-state index contributed by atoms with van der Waals surface area (Å²) in [5.74, 6) is 1.63. The normalized spacial score (nSPS) is 11.3. The van der Waals surface area contributed by atoms with Crippen LogP contribution >= 0.6 is 0 Å². The number of hydrogen-bond donors (Lipinski definition) is 0. The van der Waals surface area contributed by atoms with Crippen molar-refractivity contribution in [1.29, 1.82) is 0 Å².